The third-order valence-corrected chi connectivity index (χ3v) is 3.37. The number of carbonyl (C=O) groups is 1. The average molecular weight is 334 g/mol. The summed E-state index contributed by atoms with van der Waals surface area (Å²) in [4.78, 5) is 16.0. The zero-order valence-electron chi connectivity index (χ0n) is 13.0. The van der Waals surface area contributed by atoms with Gasteiger partial charge in [-0.3, -0.25) is 9.78 Å². The van der Waals surface area contributed by atoms with Crippen molar-refractivity contribution < 1.29 is 14.3 Å². The van der Waals surface area contributed by atoms with E-state index in [2.05, 4.69) is 15.5 Å². The van der Waals surface area contributed by atoms with E-state index in [1.165, 1.54) is 26.6 Å². The Bertz CT molecular complexity index is 730. The average Bonchev–Trinajstić information content (AvgIpc) is 2.56. The Morgan fingerprint density at radius 1 is 1.26 bits per heavy atom. The summed E-state index contributed by atoms with van der Waals surface area (Å²) >= 11 is 6.14. The molecule has 23 heavy (non-hydrogen) atoms. The van der Waals surface area contributed by atoms with Crippen molar-refractivity contribution in [1.29, 1.82) is 0 Å². The molecule has 1 aromatic heterocycles. The lowest BCUT2D eigenvalue weighted by molar-refractivity contribution is 0.0955. The van der Waals surface area contributed by atoms with Gasteiger partial charge in [-0.1, -0.05) is 11.6 Å². The maximum Gasteiger partial charge on any atom is 0.272 e. The largest absolute Gasteiger partial charge is 0.493 e. The fraction of sp³-hybridized carbons (Fsp3) is 0.188. The summed E-state index contributed by atoms with van der Waals surface area (Å²) in [5, 5.41) is 4.33. The summed E-state index contributed by atoms with van der Waals surface area (Å²) in [7, 11) is 3.05. The molecule has 0 saturated carbocycles. The van der Waals surface area contributed by atoms with Crippen molar-refractivity contribution in [3.8, 4) is 11.5 Å². The molecule has 1 heterocycles. The van der Waals surface area contributed by atoms with Crippen molar-refractivity contribution in [2.75, 3.05) is 14.2 Å². The van der Waals surface area contributed by atoms with Crippen LogP contribution in [0.4, 0.5) is 0 Å². The van der Waals surface area contributed by atoms with Crippen LogP contribution in [0.3, 0.4) is 0 Å². The van der Waals surface area contributed by atoms with Crippen LogP contribution in [0.2, 0.25) is 5.02 Å². The Labute approximate surface area is 139 Å². The van der Waals surface area contributed by atoms with Crippen LogP contribution in [0.1, 0.15) is 21.6 Å². The molecule has 120 valence electrons. The quantitative estimate of drug-likeness (QED) is 0.674. The summed E-state index contributed by atoms with van der Waals surface area (Å²) in [5.74, 6) is 0.683. The lowest BCUT2D eigenvalue weighted by atomic mass is 10.2. The van der Waals surface area contributed by atoms with Crippen molar-refractivity contribution in [3.63, 3.8) is 0 Å². The van der Waals surface area contributed by atoms with Crippen molar-refractivity contribution in [2.24, 2.45) is 5.10 Å². The molecule has 7 heteroatoms. The zero-order valence-corrected chi connectivity index (χ0v) is 13.7. The number of benzene rings is 1. The van der Waals surface area contributed by atoms with Gasteiger partial charge in [0.2, 0.25) is 0 Å². The number of hydrogen-bond donors (Lipinski definition) is 1. The molecule has 0 saturated heterocycles. The van der Waals surface area contributed by atoms with Crippen molar-refractivity contribution in [2.45, 2.75) is 6.92 Å². The molecule has 1 aromatic carbocycles. The minimum absolute atomic E-state index is 0.356. The number of methoxy groups -OCH3 is 2. The molecule has 2 aromatic rings. The maximum atomic E-state index is 11.9. The van der Waals surface area contributed by atoms with Gasteiger partial charge in [0, 0.05) is 23.5 Å². The third kappa shape index (κ3) is 4.20. The topological polar surface area (TPSA) is 72.8 Å². The van der Waals surface area contributed by atoms with Gasteiger partial charge < -0.3 is 9.47 Å². The lowest BCUT2D eigenvalue weighted by Crippen LogP contribution is -2.17. The Morgan fingerprint density at radius 2 is 1.96 bits per heavy atom. The number of hydrazone groups is 1. The first kappa shape index (κ1) is 16.8. The molecule has 0 atom stereocenters. The van der Waals surface area contributed by atoms with E-state index in [1.54, 1.807) is 24.3 Å². The molecule has 0 aliphatic rings. The molecule has 0 aliphatic heterocycles. The molecule has 0 bridgehead atoms. The minimum Gasteiger partial charge on any atom is -0.493 e. The molecule has 0 radical (unpaired) electrons. The number of carbonyl (C=O) groups excluding carboxylic acids is 1. The molecule has 1 N–H and O–H groups in total. The second-order valence-electron chi connectivity index (χ2n) is 4.62. The highest BCUT2D eigenvalue weighted by molar-refractivity contribution is 6.33. The van der Waals surface area contributed by atoms with Crippen LogP contribution in [0.5, 0.6) is 11.5 Å². The fourth-order valence-corrected chi connectivity index (χ4v) is 2.00. The molecule has 0 spiro atoms. The molecule has 0 aliphatic carbocycles. The number of rotatable bonds is 5. The molecule has 0 fully saturated rings. The van der Waals surface area contributed by atoms with Gasteiger partial charge in [-0.25, -0.2) is 5.43 Å². The van der Waals surface area contributed by atoms with Gasteiger partial charge in [-0.05, 0) is 25.1 Å². The number of halogens is 1. The molecular weight excluding hydrogens is 318 g/mol. The standard InChI is InChI=1S/C16H16ClN3O3/c1-10-4-5-11(8-18-10)16(21)20-19-9-12-6-14(22-2)15(23-3)7-13(12)17/h4-9H,1-3H3,(H,20,21)/b19-9+. The number of hydrogen-bond acceptors (Lipinski definition) is 5. The highest BCUT2D eigenvalue weighted by Gasteiger charge is 2.09. The van der Waals surface area contributed by atoms with Gasteiger partial charge in [0.25, 0.3) is 5.91 Å². The van der Waals surface area contributed by atoms with E-state index in [1.807, 2.05) is 6.92 Å². The van der Waals surface area contributed by atoms with Crippen LogP contribution >= 0.6 is 11.6 Å². The summed E-state index contributed by atoms with van der Waals surface area (Å²) < 4.78 is 10.4. The predicted molar refractivity (Wildman–Crippen MR) is 88.6 cm³/mol. The molecule has 6 nitrogen and oxygen atoms in total. The van der Waals surface area contributed by atoms with Crippen LogP contribution in [-0.2, 0) is 0 Å². The highest BCUT2D eigenvalue weighted by Crippen LogP contribution is 2.32. The van der Waals surface area contributed by atoms with Crippen molar-refractivity contribution >= 4 is 23.7 Å². The van der Waals surface area contributed by atoms with E-state index in [9.17, 15) is 4.79 Å². The number of aryl methyl sites for hydroxylation is 1. The smallest absolute Gasteiger partial charge is 0.272 e. The Morgan fingerprint density at radius 3 is 2.57 bits per heavy atom. The lowest BCUT2D eigenvalue weighted by Gasteiger charge is -2.09. The van der Waals surface area contributed by atoms with Gasteiger partial charge in [-0.15, -0.1) is 0 Å². The Balaban J connectivity index is 2.11. The summed E-state index contributed by atoms with van der Waals surface area (Å²) in [6.07, 6.45) is 2.92. The number of aromatic nitrogens is 1. The van der Waals surface area contributed by atoms with E-state index in [0.29, 0.717) is 27.6 Å². The number of ether oxygens (including phenoxy) is 2. The normalized spacial score (nSPS) is 10.6. The van der Waals surface area contributed by atoms with Gasteiger partial charge in [0.05, 0.1) is 31.0 Å². The van der Waals surface area contributed by atoms with Crippen molar-refractivity contribution in [1.82, 2.24) is 10.4 Å². The van der Waals surface area contributed by atoms with E-state index >= 15 is 0 Å². The van der Waals surface area contributed by atoms with Crippen LogP contribution < -0.4 is 14.9 Å². The summed E-state index contributed by atoms with van der Waals surface area (Å²) in [6, 6.07) is 6.72. The van der Waals surface area contributed by atoms with E-state index < -0.39 is 0 Å². The molecule has 2 rings (SSSR count). The number of amides is 1. The van der Waals surface area contributed by atoms with E-state index in [-0.39, 0.29) is 5.91 Å². The molecule has 1 amide bonds. The van der Waals surface area contributed by atoms with Gasteiger partial charge >= 0.3 is 0 Å². The maximum absolute atomic E-state index is 11.9. The second kappa shape index (κ2) is 7.60. The third-order valence-electron chi connectivity index (χ3n) is 3.05. The Kier molecular flexibility index (Phi) is 5.54. The van der Waals surface area contributed by atoms with E-state index in [0.717, 1.165) is 5.69 Å². The highest BCUT2D eigenvalue weighted by atomic mass is 35.5. The predicted octanol–water partition coefficient (Wildman–Crippen LogP) is 2.82. The summed E-state index contributed by atoms with van der Waals surface area (Å²) in [5.41, 5.74) is 4.27. The minimum atomic E-state index is -0.356. The Hall–Kier alpha value is -2.60. The second-order valence-corrected chi connectivity index (χ2v) is 5.02. The first-order valence-electron chi connectivity index (χ1n) is 6.72. The van der Waals surface area contributed by atoms with Crippen molar-refractivity contribution in [3.05, 3.63) is 52.3 Å². The number of nitrogens with one attached hydrogen (secondary N) is 1. The monoisotopic (exact) mass is 333 g/mol. The number of nitrogens with zero attached hydrogens (tertiary/aromatic N) is 2. The number of pyridine rings is 1. The van der Waals surface area contributed by atoms with Gasteiger partial charge in [-0.2, -0.15) is 5.10 Å². The van der Waals surface area contributed by atoms with Crippen LogP contribution in [0.25, 0.3) is 0 Å². The fourth-order valence-electron chi connectivity index (χ4n) is 1.80. The van der Waals surface area contributed by atoms with Gasteiger partial charge in [0.15, 0.2) is 11.5 Å². The first-order valence-corrected chi connectivity index (χ1v) is 7.10. The first-order chi connectivity index (χ1) is 11.0. The van der Waals surface area contributed by atoms with Crippen LogP contribution in [0.15, 0.2) is 35.6 Å². The van der Waals surface area contributed by atoms with Gasteiger partial charge in [0.1, 0.15) is 0 Å². The molecule has 0 unspecified atom stereocenters. The van der Waals surface area contributed by atoms with E-state index in [4.69, 9.17) is 21.1 Å². The summed E-state index contributed by atoms with van der Waals surface area (Å²) in [6.45, 7) is 1.85. The molecular formula is C16H16ClN3O3. The van der Waals surface area contributed by atoms with Crippen LogP contribution in [-0.4, -0.2) is 31.3 Å². The SMILES string of the molecule is COc1cc(Cl)c(/C=N/NC(=O)c2ccc(C)nc2)cc1OC. The van der Waals surface area contributed by atoms with Crippen LogP contribution in [0, 0.1) is 6.92 Å². The zero-order chi connectivity index (χ0) is 16.8.